The van der Waals surface area contributed by atoms with E-state index in [4.69, 9.17) is 0 Å². The summed E-state index contributed by atoms with van der Waals surface area (Å²) in [6.45, 7) is 1.66. The molecule has 1 N–H and O–H groups in total. The van der Waals surface area contributed by atoms with Gasteiger partial charge in [-0.2, -0.15) is 18.3 Å². The predicted molar refractivity (Wildman–Crippen MR) is 97.8 cm³/mol. The maximum absolute atomic E-state index is 12.7. The zero-order chi connectivity index (χ0) is 19.9. The molecule has 0 spiro atoms. The molecule has 28 heavy (non-hydrogen) atoms. The standard InChI is InChI=1S/C18H16F3N5OS/c1-10-12(16(27)25-17-24-13-4-2-3-5-14(13)28-17)9-23-26(10)15-7-6-11(8-22-15)18(19,20)21/h6-9H,2-5H2,1H3,(H,24,25,27). The Morgan fingerprint density at radius 2 is 2.00 bits per heavy atom. The van der Waals surface area contributed by atoms with Crippen molar-refractivity contribution >= 4 is 22.4 Å². The summed E-state index contributed by atoms with van der Waals surface area (Å²) in [6.07, 6.45) is 1.82. The molecule has 0 unspecified atom stereocenters. The molecule has 1 amide bonds. The molecule has 0 aromatic carbocycles. The van der Waals surface area contributed by atoms with E-state index in [9.17, 15) is 18.0 Å². The lowest BCUT2D eigenvalue weighted by Gasteiger charge is -2.08. The average molecular weight is 407 g/mol. The molecule has 0 saturated heterocycles. The van der Waals surface area contributed by atoms with Crippen LogP contribution in [0, 0.1) is 6.92 Å². The van der Waals surface area contributed by atoms with Gasteiger partial charge in [-0.15, -0.1) is 11.3 Å². The number of rotatable bonds is 3. The van der Waals surface area contributed by atoms with Gasteiger partial charge in [-0.3, -0.25) is 10.1 Å². The number of aryl methyl sites for hydroxylation is 2. The Hall–Kier alpha value is -2.75. The van der Waals surface area contributed by atoms with Crippen molar-refractivity contribution in [1.29, 1.82) is 0 Å². The molecule has 0 aliphatic heterocycles. The van der Waals surface area contributed by atoms with E-state index in [0.29, 0.717) is 16.4 Å². The van der Waals surface area contributed by atoms with Crippen LogP contribution in [0.2, 0.25) is 0 Å². The van der Waals surface area contributed by atoms with E-state index < -0.39 is 11.7 Å². The summed E-state index contributed by atoms with van der Waals surface area (Å²) in [5, 5.41) is 7.45. The third-order valence-corrected chi connectivity index (χ3v) is 5.69. The van der Waals surface area contributed by atoms with Gasteiger partial charge < -0.3 is 0 Å². The van der Waals surface area contributed by atoms with Crippen molar-refractivity contribution in [2.75, 3.05) is 5.32 Å². The molecule has 6 nitrogen and oxygen atoms in total. The molecule has 4 rings (SSSR count). The highest BCUT2D eigenvalue weighted by Crippen LogP contribution is 2.30. The normalized spacial score (nSPS) is 14.0. The number of hydrogen-bond acceptors (Lipinski definition) is 5. The number of anilines is 1. The Morgan fingerprint density at radius 3 is 2.68 bits per heavy atom. The highest BCUT2D eigenvalue weighted by Gasteiger charge is 2.31. The smallest absolute Gasteiger partial charge is 0.298 e. The Bertz CT molecular complexity index is 1000. The fourth-order valence-electron chi connectivity index (χ4n) is 3.11. The summed E-state index contributed by atoms with van der Waals surface area (Å²) >= 11 is 1.48. The van der Waals surface area contributed by atoms with Crippen molar-refractivity contribution in [3.05, 3.63) is 51.9 Å². The van der Waals surface area contributed by atoms with Crippen molar-refractivity contribution in [2.45, 2.75) is 38.8 Å². The Labute approximate surface area is 162 Å². The van der Waals surface area contributed by atoms with E-state index in [0.717, 1.165) is 43.6 Å². The summed E-state index contributed by atoms with van der Waals surface area (Å²) < 4.78 is 39.4. The lowest BCUT2D eigenvalue weighted by molar-refractivity contribution is -0.137. The van der Waals surface area contributed by atoms with Crippen LogP contribution in [0.5, 0.6) is 0 Å². The minimum Gasteiger partial charge on any atom is -0.298 e. The molecule has 3 aromatic heterocycles. The van der Waals surface area contributed by atoms with Gasteiger partial charge in [-0.25, -0.2) is 14.6 Å². The summed E-state index contributed by atoms with van der Waals surface area (Å²) in [7, 11) is 0. The van der Waals surface area contributed by atoms with Crippen molar-refractivity contribution in [2.24, 2.45) is 0 Å². The van der Waals surface area contributed by atoms with Gasteiger partial charge in [-0.05, 0) is 44.7 Å². The minimum absolute atomic E-state index is 0.203. The number of hydrogen-bond donors (Lipinski definition) is 1. The van der Waals surface area contributed by atoms with Crippen molar-refractivity contribution in [1.82, 2.24) is 19.7 Å². The first-order valence-electron chi connectivity index (χ1n) is 8.71. The maximum Gasteiger partial charge on any atom is 0.417 e. The van der Waals surface area contributed by atoms with Crippen LogP contribution in [0.15, 0.2) is 24.5 Å². The van der Waals surface area contributed by atoms with Gasteiger partial charge in [0.25, 0.3) is 5.91 Å². The van der Waals surface area contributed by atoms with Crippen LogP contribution >= 0.6 is 11.3 Å². The monoisotopic (exact) mass is 407 g/mol. The zero-order valence-corrected chi connectivity index (χ0v) is 15.7. The highest BCUT2D eigenvalue weighted by molar-refractivity contribution is 7.15. The summed E-state index contributed by atoms with van der Waals surface area (Å²) in [6, 6.07) is 2.16. The van der Waals surface area contributed by atoms with Gasteiger partial charge in [0.1, 0.15) is 0 Å². The van der Waals surface area contributed by atoms with Crippen molar-refractivity contribution in [3.63, 3.8) is 0 Å². The minimum atomic E-state index is -4.46. The van der Waals surface area contributed by atoms with Crippen LogP contribution in [0.4, 0.5) is 18.3 Å². The van der Waals surface area contributed by atoms with E-state index in [1.54, 1.807) is 6.92 Å². The van der Waals surface area contributed by atoms with Gasteiger partial charge in [0.2, 0.25) is 0 Å². The molecule has 3 aromatic rings. The molecule has 1 aliphatic rings. The number of nitrogens with zero attached hydrogens (tertiary/aromatic N) is 4. The number of carbonyl (C=O) groups is 1. The SMILES string of the molecule is Cc1c(C(=O)Nc2nc3c(s2)CCCC3)cnn1-c1ccc(C(F)(F)F)cn1. The molecule has 3 heterocycles. The number of pyridine rings is 1. The Balaban J connectivity index is 1.54. The first kappa shape index (κ1) is 18.6. The highest BCUT2D eigenvalue weighted by atomic mass is 32.1. The van der Waals surface area contributed by atoms with E-state index in [2.05, 4.69) is 20.4 Å². The molecular weight excluding hydrogens is 391 g/mol. The van der Waals surface area contributed by atoms with Crippen LogP contribution in [0.3, 0.4) is 0 Å². The number of amides is 1. The zero-order valence-electron chi connectivity index (χ0n) is 14.9. The third-order valence-electron chi connectivity index (χ3n) is 4.61. The number of halogens is 3. The van der Waals surface area contributed by atoms with E-state index in [-0.39, 0.29) is 11.7 Å². The van der Waals surface area contributed by atoms with E-state index in [1.807, 2.05) is 0 Å². The largest absolute Gasteiger partial charge is 0.417 e. The molecular formula is C18H16F3N5OS. The Kier molecular flexibility index (Phi) is 4.66. The van der Waals surface area contributed by atoms with Crippen LogP contribution in [-0.2, 0) is 19.0 Å². The van der Waals surface area contributed by atoms with Crippen LogP contribution in [0.25, 0.3) is 5.82 Å². The predicted octanol–water partition coefficient (Wildman–Crippen LogP) is 4.18. The third kappa shape index (κ3) is 3.51. The molecule has 0 fully saturated rings. The van der Waals surface area contributed by atoms with Crippen LogP contribution in [-0.4, -0.2) is 25.7 Å². The molecule has 0 saturated carbocycles. The van der Waals surface area contributed by atoms with Gasteiger partial charge in [0.15, 0.2) is 10.9 Å². The van der Waals surface area contributed by atoms with Gasteiger partial charge in [0, 0.05) is 11.1 Å². The number of thiazole rings is 1. The molecule has 1 aliphatic carbocycles. The van der Waals surface area contributed by atoms with Crippen molar-refractivity contribution in [3.8, 4) is 5.82 Å². The molecule has 10 heteroatoms. The lowest BCUT2D eigenvalue weighted by atomic mass is 10.0. The molecule has 0 bridgehead atoms. The number of alkyl halides is 3. The number of aromatic nitrogens is 4. The second-order valence-corrected chi connectivity index (χ2v) is 7.59. The molecule has 146 valence electrons. The van der Waals surface area contributed by atoms with Gasteiger partial charge >= 0.3 is 6.18 Å². The van der Waals surface area contributed by atoms with Gasteiger partial charge in [0.05, 0.1) is 28.7 Å². The maximum atomic E-state index is 12.7. The quantitative estimate of drug-likeness (QED) is 0.707. The van der Waals surface area contributed by atoms with Crippen LogP contribution in [0.1, 0.15) is 45.0 Å². The number of fused-ring (bicyclic) bond motifs is 1. The Morgan fingerprint density at radius 1 is 1.21 bits per heavy atom. The summed E-state index contributed by atoms with van der Waals surface area (Å²) in [5.41, 5.74) is 1.00. The van der Waals surface area contributed by atoms with Gasteiger partial charge in [-0.1, -0.05) is 0 Å². The fraction of sp³-hybridized carbons (Fsp3) is 0.333. The van der Waals surface area contributed by atoms with E-state index >= 15 is 0 Å². The van der Waals surface area contributed by atoms with E-state index in [1.165, 1.54) is 33.2 Å². The second-order valence-electron chi connectivity index (χ2n) is 6.51. The molecule has 0 radical (unpaired) electrons. The first-order valence-corrected chi connectivity index (χ1v) is 9.53. The first-order chi connectivity index (χ1) is 13.3. The molecule has 0 atom stereocenters. The van der Waals surface area contributed by atoms with Crippen LogP contribution < -0.4 is 5.32 Å². The fourth-order valence-corrected chi connectivity index (χ4v) is 4.16. The average Bonchev–Trinajstić information content (AvgIpc) is 3.23. The summed E-state index contributed by atoms with van der Waals surface area (Å²) in [5.74, 6) is -0.156. The lowest BCUT2D eigenvalue weighted by Crippen LogP contribution is -2.13. The van der Waals surface area contributed by atoms with Crippen molar-refractivity contribution < 1.29 is 18.0 Å². The number of carbonyl (C=O) groups excluding carboxylic acids is 1. The second kappa shape index (κ2) is 7.01. The number of nitrogens with one attached hydrogen (secondary N) is 1. The summed E-state index contributed by atoms with van der Waals surface area (Å²) in [4.78, 5) is 22.1. The topological polar surface area (TPSA) is 72.7 Å².